The molecule has 0 saturated heterocycles. The minimum Gasteiger partial charge on any atom is -0.346 e. The van der Waals surface area contributed by atoms with Gasteiger partial charge in [-0.15, -0.1) is 0 Å². The van der Waals surface area contributed by atoms with Gasteiger partial charge in [-0.2, -0.15) is 0 Å². The number of rotatable bonds is 5. The maximum atomic E-state index is 12.3. The van der Waals surface area contributed by atoms with Crippen LogP contribution in [0.25, 0.3) is 0 Å². The Bertz CT molecular complexity index is 605. The topological polar surface area (TPSA) is 55.1 Å². The SMILES string of the molecule is Cc1ccccc1[C@@H](C)NC(=O)c1ccc(CCN)cc1. The van der Waals surface area contributed by atoms with E-state index in [1.165, 1.54) is 5.56 Å². The van der Waals surface area contributed by atoms with Crippen LogP contribution in [0.1, 0.15) is 40.0 Å². The Morgan fingerprint density at radius 1 is 1.14 bits per heavy atom. The summed E-state index contributed by atoms with van der Waals surface area (Å²) in [7, 11) is 0. The quantitative estimate of drug-likeness (QED) is 0.885. The number of hydrogen-bond donors (Lipinski definition) is 2. The zero-order valence-electron chi connectivity index (χ0n) is 12.6. The van der Waals surface area contributed by atoms with E-state index in [1.54, 1.807) is 0 Å². The maximum Gasteiger partial charge on any atom is 0.251 e. The molecular weight excluding hydrogens is 260 g/mol. The van der Waals surface area contributed by atoms with Crippen molar-refractivity contribution in [2.75, 3.05) is 6.54 Å². The third-order valence-electron chi connectivity index (χ3n) is 3.65. The Balaban J connectivity index is 2.05. The average molecular weight is 282 g/mol. The molecule has 21 heavy (non-hydrogen) atoms. The van der Waals surface area contributed by atoms with E-state index in [0.29, 0.717) is 12.1 Å². The minimum atomic E-state index is -0.0509. The Labute approximate surface area is 126 Å². The van der Waals surface area contributed by atoms with Crippen LogP contribution in [0, 0.1) is 6.92 Å². The first-order chi connectivity index (χ1) is 10.1. The van der Waals surface area contributed by atoms with Gasteiger partial charge in [-0.3, -0.25) is 4.79 Å². The van der Waals surface area contributed by atoms with Crippen molar-refractivity contribution in [3.05, 3.63) is 70.8 Å². The van der Waals surface area contributed by atoms with Gasteiger partial charge in [0, 0.05) is 5.56 Å². The second kappa shape index (κ2) is 7.04. The summed E-state index contributed by atoms with van der Waals surface area (Å²) in [6.07, 6.45) is 0.835. The van der Waals surface area contributed by atoms with Gasteiger partial charge in [-0.05, 0) is 55.6 Å². The zero-order chi connectivity index (χ0) is 15.2. The van der Waals surface area contributed by atoms with E-state index in [2.05, 4.69) is 18.3 Å². The summed E-state index contributed by atoms with van der Waals surface area (Å²) >= 11 is 0. The van der Waals surface area contributed by atoms with Crippen LogP contribution in [0.4, 0.5) is 0 Å². The van der Waals surface area contributed by atoms with E-state index >= 15 is 0 Å². The fraction of sp³-hybridized carbons (Fsp3) is 0.278. The predicted molar refractivity (Wildman–Crippen MR) is 86.3 cm³/mol. The van der Waals surface area contributed by atoms with Gasteiger partial charge in [-0.25, -0.2) is 0 Å². The summed E-state index contributed by atoms with van der Waals surface area (Å²) in [5, 5.41) is 3.04. The van der Waals surface area contributed by atoms with Gasteiger partial charge in [0.25, 0.3) is 5.91 Å². The lowest BCUT2D eigenvalue weighted by atomic mass is 10.0. The fourth-order valence-electron chi connectivity index (χ4n) is 2.42. The number of nitrogens with two attached hydrogens (primary N) is 1. The van der Waals surface area contributed by atoms with Crippen LogP contribution >= 0.6 is 0 Å². The third-order valence-corrected chi connectivity index (χ3v) is 3.65. The molecule has 0 saturated carbocycles. The summed E-state index contributed by atoms with van der Waals surface area (Å²) in [5.41, 5.74) is 9.68. The second-order valence-corrected chi connectivity index (χ2v) is 5.29. The van der Waals surface area contributed by atoms with E-state index in [9.17, 15) is 4.79 Å². The van der Waals surface area contributed by atoms with Crippen LogP contribution in [-0.4, -0.2) is 12.5 Å². The van der Waals surface area contributed by atoms with Gasteiger partial charge in [0.1, 0.15) is 0 Å². The van der Waals surface area contributed by atoms with Crippen LogP contribution in [0.2, 0.25) is 0 Å². The molecule has 0 fully saturated rings. The van der Waals surface area contributed by atoms with E-state index in [1.807, 2.05) is 49.4 Å². The average Bonchev–Trinajstić information content (AvgIpc) is 2.48. The van der Waals surface area contributed by atoms with E-state index in [4.69, 9.17) is 5.73 Å². The van der Waals surface area contributed by atoms with Gasteiger partial charge >= 0.3 is 0 Å². The maximum absolute atomic E-state index is 12.3. The van der Waals surface area contributed by atoms with Crippen LogP contribution < -0.4 is 11.1 Å². The number of hydrogen-bond acceptors (Lipinski definition) is 2. The molecular formula is C18H22N2O. The second-order valence-electron chi connectivity index (χ2n) is 5.29. The first kappa shape index (κ1) is 15.3. The molecule has 0 unspecified atom stereocenters. The number of aryl methyl sites for hydroxylation is 1. The molecule has 0 spiro atoms. The van der Waals surface area contributed by atoms with Gasteiger partial charge in [0.15, 0.2) is 0 Å². The first-order valence-electron chi connectivity index (χ1n) is 7.27. The summed E-state index contributed by atoms with van der Waals surface area (Å²) < 4.78 is 0. The molecule has 1 amide bonds. The summed E-state index contributed by atoms with van der Waals surface area (Å²) in [6, 6.07) is 15.7. The molecule has 110 valence electrons. The molecule has 2 aromatic rings. The van der Waals surface area contributed by atoms with E-state index in [-0.39, 0.29) is 11.9 Å². The van der Waals surface area contributed by atoms with Crippen molar-refractivity contribution in [1.29, 1.82) is 0 Å². The van der Waals surface area contributed by atoms with Crippen molar-refractivity contribution in [3.8, 4) is 0 Å². The number of carbonyl (C=O) groups is 1. The molecule has 0 bridgehead atoms. The highest BCUT2D eigenvalue weighted by Crippen LogP contribution is 2.17. The smallest absolute Gasteiger partial charge is 0.251 e. The van der Waals surface area contributed by atoms with Crippen molar-refractivity contribution < 1.29 is 4.79 Å². The summed E-state index contributed by atoms with van der Waals surface area (Å²) in [5.74, 6) is -0.0509. The Morgan fingerprint density at radius 2 is 1.81 bits per heavy atom. The molecule has 3 nitrogen and oxygen atoms in total. The summed E-state index contributed by atoms with van der Waals surface area (Å²) in [6.45, 7) is 4.68. The van der Waals surface area contributed by atoms with E-state index < -0.39 is 0 Å². The van der Waals surface area contributed by atoms with Crippen molar-refractivity contribution in [2.45, 2.75) is 26.3 Å². The molecule has 0 aliphatic rings. The van der Waals surface area contributed by atoms with Gasteiger partial charge < -0.3 is 11.1 Å². The van der Waals surface area contributed by atoms with E-state index in [0.717, 1.165) is 17.5 Å². The molecule has 0 aliphatic carbocycles. The third kappa shape index (κ3) is 3.92. The van der Waals surface area contributed by atoms with Crippen LogP contribution in [-0.2, 0) is 6.42 Å². The first-order valence-corrected chi connectivity index (χ1v) is 7.27. The molecule has 0 aliphatic heterocycles. The van der Waals surface area contributed by atoms with Gasteiger partial charge in [0.2, 0.25) is 0 Å². The highest BCUT2D eigenvalue weighted by Gasteiger charge is 2.12. The molecule has 1 atom stereocenters. The molecule has 3 N–H and O–H groups in total. The Morgan fingerprint density at radius 3 is 2.43 bits per heavy atom. The van der Waals surface area contributed by atoms with Crippen LogP contribution in [0.3, 0.4) is 0 Å². The minimum absolute atomic E-state index is 0.0116. The molecule has 3 heteroatoms. The lowest BCUT2D eigenvalue weighted by molar-refractivity contribution is 0.0940. The zero-order valence-corrected chi connectivity index (χ0v) is 12.6. The molecule has 2 aromatic carbocycles. The van der Waals surface area contributed by atoms with Gasteiger partial charge in [0.05, 0.1) is 6.04 Å². The number of amides is 1. The largest absolute Gasteiger partial charge is 0.346 e. The molecule has 0 radical (unpaired) electrons. The monoisotopic (exact) mass is 282 g/mol. The molecule has 2 rings (SSSR count). The van der Waals surface area contributed by atoms with Crippen LogP contribution in [0.15, 0.2) is 48.5 Å². The number of carbonyl (C=O) groups excluding carboxylic acids is 1. The van der Waals surface area contributed by atoms with Crippen molar-refractivity contribution in [2.24, 2.45) is 5.73 Å². The van der Waals surface area contributed by atoms with Crippen molar-refractivity contribution in [1.82, 2.24) is 5.32 Å². The summed E-state index contributed by atoms with van der Waals surface area (Å²) in [4.78, 5) is 12.3. The number of benzene rings is 2. The van der Waals surface area contributed by atoms with Crippen LogP contribution in [0.5, 0.6) is 0 Å². The number of nitrogens with one attached hydrogen (secondary N) is 1. The van der Waals surface area contributed by atoms with Gasteiger partial charge in [-0.1, -0.05) is 36.4 Å². The lowest BCUT2D eigenvalue weighted by Crippen LogP contribution is -2.27. The molecule has 0 aromatic heterocycles. The van der Waals surface area contributed by atoms with Crippen molar-refractivity contribution in [3.63, 3.8) is 0 Å². The highest BCUT2D eigenvalue weighted by molar-refractivity contribution is 5.94. The standard InChI is InChI=1S/C18H22N2O/c1-13-5-3-4-6-17(13)14(2)20-18(21)16-9-7-15(8-10-16)11-12-19/h3-10,14H,11-12,19H2,1-2H3,(H,20,21)/t14-/m1/s1. The molecule has 0 heterocycles. The fourth-order valence-corrected chi connectivity index (χ4v) is 2.42. The predicted octanol–water partition coefficient (Wildman–Crippen LogP) is 2.99. The lowest BCUT2D eigenvalue weighted by Gasteiger charge is -2.16. The Hall–Kier alpha value is -2.13. The normalized spacial score (nSPS) is 12.0. The van der Waals surface area contributed by atoms with Crippen molar-refractivity contribution >= 4 is 5.91 Å². The highest BCUT2D eigenvalue weighted by atomic mass is 16.1. The Kier molecular flexibility index (Phi) is 5.12.